The number of nitrogens with one attached hydrogen (secondary N) is 2. The molecule has 0 unspecified atom stereocenters. The molecule has 0 bridgehead atoms. The molecule has 0 aliphatic carbocycles. The highest BCUT2D eigenvalue weighted by atomic mass is 16.5. The molecule has 1 aliphatic heterocycles. The molecular weight excluding hydrogens is 448 g/mol. The van der Waals surface area contributed by atoms with Crippen molar-refractivity contribution in [2.45, 2.75) is 13.0 Å². The number of hydrogen-bond donors (Lipinski definition) is 2. The number of fused-ring (bicyclic) bond motifs is 1. The number of aromatic nitrogens is 1. The van der Waals surface area contributed by atoms with Gasteiger partial charge in [-0.2, -0.15) is 0 Å². The van der Waals surface area contributed by atoms with Crippen molar-refractivity contribution in [2.24, 2.45) is 0 Å². The smallest absolute Gasteiger partial charge is 0.261 e. The topological polar surface area (TPSA) is 118 Å². The van der Waals surface area contributed by atoms with Gasteiger partial charge >= 0.3 is 0 Å². The summed E-state index contributed by atoms with van der Waals surface area (Å²) in [5, 5.41) is 5.64. The lowest BCUT2D eigenvalue weighted by molar-refractivity contribution is 0.0638. The number of rotatable bonds is 9. The number of ether oxygens (including phenoxy) is 1. The number of hydrogen-bond acceptors (Lipinski definition) is 6. The zero-order chi connectivity index (χ0) is 24.8. The van der Waals surface area contributed by atoms with Gasteiger partial charge in [0, 0.05) is 50.5 Å². The van der Waals surface area contributed by atoms with Gasteiger partial charge in [-0.1, -0.05) is 18.2 Å². The minimum Gasteiger partial charge on any atom is -0.385 e. The van der Waals surface area contributed by atoms with E-state index in [0.29, 0.717) is 29.8 Å². The molecule has 2 N–H and O–H groups in total. The van der Waals surface area contributed by atoms with E-state index in [0.717, 1.165) is 0 Å². The lowest BCUT2D eigenvalue weighted by Gasteiger charge is -2.13. The fraction of sp³-hybridized carbons (Fsp3) is 0.192. The summed E-state index contributed by atoms with van der Waals surface area (Å²) >= 11 is 0. The summed E-state index contributed by atoms with van der Waals surface area (Å²) in [5.41, 5.74) is 2.39. The summed E-state index contributed by atoms with van der Waals surface area (Å²) < 4.78 is 4.99. The van der Waals surface area contributed by atoms with E-state index in [-0.39, 0.29) is 41.6 Å². The van der Waals surface area contributed by atoms with E-state index in [4.69, 9.17) is 4.74 Å². The predicted octanol–water partition coefficient (Wildman–Crippen LogP) is 2.90. The second-order valence-electron chi connectivity index (χ2n) is 7.90. The van der Waals surface area contributed by atoms with Crippen molar-refractivity contribution in [3.05, 3.63) is 94.8 Å². The van der Waals surface area contributed by atoms with Crippen LogP contribution in [0.2, 0.25) is 0 Å². The summed E-state index contributed by atoms with van der Waals surface area (Å²) in [6.07, 6.45) is 3.59. The van der Waals surface area contributed by atoms with Crippen molar-refractivity contribution in [1.29, 1.82) is 0 Å². The molecule has 0 radical (unpaired) electrons. The average molecular weight is 473 g/mol. The van der Waals surface area contributed by atoms with Crippen molar-refractivity contribution >= 4 is 29.3 Å². The van der Waals surface area contributed by atoms with Crippen LogP contribution in [0.25, 0.3) is 0 Å². The molecule has 2 heterocycles. The second-order valence-corrected chi connectivity index (χ2v) is 7.90. The molecule has 0 fully saturated rings. The minimum atomic E-state index is -0.433. The molecule has 3 aromatic rings. The Kier molecular flexibility index (Phi) is 7.27. The maximum Gasteiger partial charge on any atom is 0.261 e. The van der Waals surface area contributed by atoms with Gasteiger partial charge in [0.15, 0.2) is 0 Å². The van der Waals surface area contributed by atoms with Gasteiger partial charge in [0.25, 0.3) is 23.6 Å². The van der Waals surface area contributed by atoms with Gasteiger partial charge in [-0.3, -0.25) is 29.1 Å². The van der Waals surface area contributed by atoms with Gasteiger partial charge in [0.05, 0.1) is 16.7 Å². The zero-order valence-corrected chi connectivity index (χ0v) is 19.1. The molecule has 0 saturated carbocycles. The fourth-order valence-corrected chi connectivity index (χ4v) is 3.77. The van der Waals surface area contributed by atoms with Gasteiger partial charge in [-0.15, -0.1) is 0 Å². The molecule has 0 saturated heterocycles. The molecule has 1 aromatic heterocycles. The Bertz CT molecular complexity index is 1280. The number of amides is 4. The van der Waals surface area contributed by atoms with Crippen LogP contribution in [0.5, 0.6) is 0 Å². The molecule has 178 valence electrons. The molecular formula is C26H24N4O5. The molecule has 0 spiro atoms. The van der Waals surface area contributed by atoms with Crippen molar-refractivity contribution in [2.75, 3.05) is 25.6 Å². The number of methoxy groups -OCH3 is 1. The van der Waals surface area contributed by atoms with E-state index in [1.807, 2.05) is 0 Å². The first kappa shape index (κ1) is 23.8. The Morgan fingerprint density at radius 2 is 1.74 bits per heavy atom. The third kappa shape index (κ3) is 5.25. The van der Waals surface area contributed by atoms with Crippen LogP contribution in [0.4, 0.5) is 5.69 Å². The number of carbonyl (C=O) groups is 4. The number of benzene rings is 2. The highest BCUT2D eigenvalue weighted by Gasteiger charge is 2.35. The van der Waals surface area contributed by atoms with Crippen LogP contribution in [-0.2, 0) is 11.3 Å². The maximum absolute atomic E-state index is 13.0. The number of para-hydroxylation sites is 1. The summed E-state index contributed by atoms with van der Waals surface area (Å²) in [6, 6.07) is 14.9. The molecule has 35 heavy (non-hydrogen) atoms. The fourth-order valence-electron chi connectivity index (χ4n) is 3.77. The van der Waals surface area contributed by atoms with Gasteiger partial charge < -0.3 is 15.4 Å². The zero-order valence-electron chi connectivity index (χ0n) is 19.1. The molecule has 4 amide bonds. The minimum absolute atomic E-state index is 0.192. The van der Waals surface area contributed by atoms with E-state index >= 15 is 0 Å². The highest BCUT2D eigenvalue weighted by Crippen LogP contribution is 2.25. The lowest BCUT2D eigenvalue weighted by Crippen LogP contribution is -2.31. The van der Waals surface area contributed by atoms with Crippen LogP contribution in [0.1, 0.15) is 53.4 Å². The van der Waals surface area contributed by atoms with Crippen LogP contribution in [-0.4, -0.2) is 53.8 Å². The Morgan fingerprint density at radius 3 is 2.51 bits per heavy atom. The Balaban J connectivity index is 1.45. The molecule has 0 atom stereocenters. The second kappa shape index (κ2) is 10.7. The SMILES string of the molecule is COCCCN1C(=O)c2ccc(C(=O)Nc3ccccc3CNC(=O)c3cccnc3)cc2C1=O. The Hall–Kier alpha value is -4.37. The van der Waals surface area contributed by atoms with Gasteiger partial charge in [-0.05, 0) is 48.4 Å². The van der Waals surface area contributed by atoms with E-state index in [2.05, 4.69) is 15.6 Å². The van der Waals surface area contributed by atoms with Gasteiger partial charge in [-0.25, -0.2) is 0 Å². The average Bonchev–Trinajstić information content (AvgIpc) is 3.13. The molecule has 9 heteroatoms. The third-order valence-corrected chi connectivity index (χ3v) is 5.59. The van der Waals surface area contributed by atoms with Gasteiger partial charge in [0.2, 0.25) is 0 Å². The number of anilines is 1. The van der Waals surface area contributed by atoms with Crippen molar-refractivity contribution in [1.82, 2.24) is 15.2 Å². The van der Waals surface area contributed by atoms with E-state index in [1.54, 1.807) is 49.7 Å². The van der Waals surface area contributed by atoms with Crippen molar-refractivity contribution in [3.8, 4) is 0 Å². The van der Waals surface area contributed by atoms with Crippen LogP contribution in [0.15, 0.2) is 67.0 Å². The first-order valence-corrected chi connectivity index (χ1v) is 11.1. The molecule has 9 nitrogen and oxygen atoms in total. The standard InChI is InChI=1S/C26H24N4O5/c1-35-13-5-12-30-25(33)20-10-9-17(14-21(20)26(30)34)24(32)29-22-8-3-2-6-18(22)16-28-23(31)19-7-4-11-27-15-19/h2-4,6-11,14-15H,5,12-13,16H2,1H3,(H,28,31)(H,29,32). The molecule has 1 aliphatic rings. The Morgan fingerprint density at radius 1 is 0.943 bits per heavy atom. The van der Waals surface area contributed by atoms with Crippen LogP contribution in [0.3, 0.4) is 0 Å². The van der Waals surface area contributed by atoms with Crippen LogP contribution in [0, 0.1) is 0 Å². The normalized spacial score (nSPS) is 12.4. The van der Waals surface area contributed by atoms with E-state index in [9.17, 15) is 19.2 Å². The summed E-state index contributed by atoms with van der Waals surface area (Å²) in [4.78, 5) is 55.7. The summed E-state index contributed by atoms with van der Waals surface area (Å²) in [6.45, 7) is 0.876. The number of imide groups is 1. The summed E-state index contributed by atoms with van der Waals surface area (Å²) in [7, 11) is 1.56. The van der Waals surface area contributed by atoms with Crippen molar-refractivity contribution < 1.29 is 23.9 Å². The van der Waals surface area contributed by atoms with Crippen LogP contribution < -0.4 is 10.6 Å². The van der Waals surface area contributed by atoms with Crippen molar-refractivity contribution in [3.63, 3.8) is 0 Å². The van der Waals surface area contributed by atoms with E-state index in [1.165, 1.54) is 29.3 Å². The van der Waals surface area contributed by atoms with Crippen LogP contribution >= 0.6 is 0 Å². The van der Waals surface area contributed by atoms with E-state index < -0.39 is 11.8 Å². The molecule has 4 rings (SSSR count). The Labute approximate surface area is 202 Å². The quantitative estimate of drug-likeness (QED) is 0.365. The number of nitrogens with zero attached hydrogens (tertiary/aromatic N) is 2. The highest BCUT2D eigenvalue weighted by molar-refractivity contribution is 6.22. The molecule has 2 aromatic carbocycles. The predicted molar refractivity (Wildman–Crippen MR) is 128 cm³/mol. The van der Waals surface area contributed by atoms with Gasteiger partial charge in [0.1, 0.15) is 0 Å². The first-order chi connectivity index (χ1) is 17.0. The number of carbonyl (C=O) groups excluding carboxylic acids is 4. The third-order valence-electron chi connectivity index (χ3n) is 5.59. The first-order valence-electron chi connectivity index (χ1n) is 11.1. The monoisotopic (exact) mass is 472 g/mol. The maximum atomic E-state index is 13.0. The largest absolute Gasteiger partial charge is 0.385 e. The lowest BCUT2D eigenvalue weighted by atomic mass is 10.0. The number of pyridine rings is 1. The summed E-state index contributed by atoms with van der Waals surface area (Å²) in [5.74, 6) is -1.51.